The van der Waals surface area contributed by atoms with Crippen LogP contribution in [0.5, 0.6) is 0 Å². The Morgan fingerprint density at radius 3 is 2.26 bits per heavy atom. The molecule has 0 bridgehead atoms. The van der Waals surface area contributed by atoms with Crippen molar-refractivity contribution in [2.75, 3.05) is 26.2 Å². The molecule has 0 radical (unpaired) electrons. The first-order valence-corrected chi connectivity index (χ1v) is 11.6. The zero-order chi connectivity index (χ0) is 21.7. The summed E-state index contributed by atoms with van der Waals surface area (Å²) in [7, 11) is -3.53. The smallest absolute Gasteiger partial charge is 0.317 e. The average Bonchev–Trinajstić information content (AvgIpc) is 3.32. The van der Waals surface area contributed by atoms with Crippen molar-refractivity contribution in [1.29, 1.82) is 0 Å². The van der Waals surface area contributed by atoms with Crippen LogP contribution in [0.15, 0.2) is 78.0 Å². The quantitative estimate of drug-likeness (QED) is 0.638. The molecule has 2 aromatic carbocycles. The molecule has 4 rings (SSSR count). The molecule has 0 unspecified atom stereocenters. The summed E-state index contributed by atoms with van der Waals surface area (Å²) in [5.74, 6) is 0. The van der Waals surface area contributed by atoms with Gasteiger partial charge in [0.25, 0.3) is 0 Å². The van der Waals surface area contributed by atoms with Gasteiger partial charge in [0.15, 0.2) is 0 Å². The number of nitrogens with one attached hydrogen (secondary N) is 1. The fraction of sp³-hybridized carbons (Fsp3) is 0.273. The number of rotatable bonds is 6. The van der Waals surface area contributed by atoms with E-state index >= 15 is 0 Å². The lowest BCUT2D eigenvalue weighted by atomic mass is 10.1. The molecule has 1 fully saturated rings. The van der Waals surface area contributed by atoms with Crippen LogP contribution in [0, 0.1) is 0 Å². The molecule has 8 nitrogen and oxygen atoms in total. The van der Waals surface area contributed by atoms with E-state index in [2.05, 4.69) is 10.4 Å². The lowest BCUT2D eigenvalue weighted by Crippen LogP contribution is -2.53. The topological polar surface area (TPSA) is 87.5 Å². The molecule has 9 heteroatoms. The number of nitrogens with zero attached hydrogens (tertiary/aromatic N) is 4. The maximum absolute atomic E-state index is 12.7. The van der Waals surface area contributed by atoms with E-state index in [-0.39, 0.29) is 24.0 Å². The largest absolute Gasteiger partial charge is 0.334 e. The van der Waals surface area contributed by atoms with E-state index in [0.29, 0.717) is 26.2 Å². The predicted octanol–water partition coefficient (Wildman–Crippen LogP) is 2.15. The van der Waals surface area contributed by atoms with Gasteiger partial charge in [-0.05, 0) is 29.3 Å². The third-order valence-corrected chi connectivity index (χ3v) is 7.26. The fourth-order valence-electron chi connectivity index (χ4n) is 3.61. The van der Waals surface area contributed by atoms with Gasteiger partial charge in [0, 0.05) is 45.1 Å². The molecule has 1 saturated heterocycles. The van der Waals surface area contributed by atoms with Crippen LogP contribution >= 0.6 is 0 Å². The number of benzene rings is 2. The van der Waals surface area contributed by atoms with E-state index < -0.39 is 10.0 Å². The van der Waals surface area contributed by atoms with Gasteiger partial charge in [-0.1, -0.05) is 42.5 Å². The summed E-state index contributed by atoms with van der Waals surface area (Å²) in [6, 6.07) is 18.0. The molecule has 0 saturated carbocycles. The fourth-order valence-corrected chi connectivity index (χ4v) is 5.05. The van der Waals surface area contributed by atoms with Gasteiger partial charge in [-0.15, -0.1) is 0 Å². The lowest BCUT2D eigenvalue weighted by molar-refractivity contribution is 0.172. The monoisotopic (exact) mass is 439 g/mol. The highest BCUT2D eigenvalue weighted by Gasteiger charge is 2.29. The Hall–Kier alpha value is -3.17. The molecule has 2 amide bonds. The van der Waals surface area contributed by atoms with Crippen LogP contribution in [-0.2, 0) is 23.1 Å². The predicted molar refractivity (Wildman–Crippen MR) is 117 cm³/mol. The number of amides is 2. The third-order valence-electron chi connectivity index (χ3n) is 5.35. The molecule has 3 aromatic rings. The summed E-state index contributed by atoms with van der Waals surface area (Å²) in [5.41, 5.74) is 2.11. The minimum absolute atomic E-state index is 0.189. The van der Waals surface area contributed by atoms with Crippen molar-refractivity contribution in [3.63, 3.8) is 0 Å². The van der Waals surface area contributed by atoms with E-state index in [1.54, 1.807) is 41.4 Å². The number of piperazine rings is 1. The second kappa shape index (κ2) is 9.32. The Balaban J connectivity index is 1.32. The molecule has 0 aliphatic carbocycles. The lowest BCUT2D eigenvalue weighted by Gasteiger charge is -2.34. The van der Waals surface area contributed by atoms with Crippen molar-refractivity contribution < 1.29 is 13.2 Å². The number of hydrogen-bond acceptors (Lipinski definition) is 4. The highest BCUT2D eigenvalue weighted by molar-refractivity contribution is 7.89. The normalized spacial score (nSPS) is 15.0. The molecule has 2 heterocycles. The summed E-state index contributed by atoms with van der Waals surface area (Å²) < 4.78 is 28.8. The van der Waals surface area contributed by atoms with Gasteiger partial charge in [0.05, 0.1) is 11.4 Å². The molecule has 0 atom stereocenters. The molecule has 31 heavy (non-hydrogen) atoms. The Morgan fingerprint density at radius 1 is 0.903 bits per heavy atom. The van der Waals surface area contributed by atoms with Gasteiger partial charge in [-0.2, -0.15) is 9.40 Å². The molecule has 162 valence electrons. The van der Waals surface area contributed by atoms with E-state index in [9.17, 15) is 13.2 Å². The molecule has 1 aromatic heterocycles. The van der Waals surface area contributed by atoms with Crippen LogP contribution in [0.25, 0.3) is 0 Å². The highest BCUT2D eigenvalue weighted by Crippen LogP contribution is 2.17. The number of sulfonamides is 1. The van der Waals surface area contributed by atoms with E-state index in [1.807, 2.05) is 41.2 Å². The van der Waals surface area contributed by atoms with Gasteiger partial charge >= 0.3 is 6.03 Å². The van der Waals surface area contributed by atoms with Gasteiger partial charge in [0.2, 0.25) is 10.0 Å². The van der Waals surface area contributed by atoms with E-state index in [4.69, 9.17) is 0 Å². The van der Waals surface area contributed by atoms with Crippen molar-refractivity contribution >= 4 is 16.1 Å². The van der Waals surface area contributed by atoms with Crippen LogP contribution in [0.1, 0.15) is 11.1 Å². The Labute approximate surface area is 182 Å². The van der Waals surface area contributed by atoms with Gasteiger partial charge in [0.1, 0.15) is 0 Å². The minimum atomic E-state index is -3.53. The number of urea groups is 1. The number of aromatic nitrogens is 2. The van der Waals surface area contributed by atoms with E-state index in [1.165, 1.54) is 4.31 Å². The first kappa shape index (κ1) is 21.1. The SMILES string of the molecule is O=C(NCc1ccccc1Cn1cccn1)N1CCN(S(=O)(=O)c2ccccc2)CC1. The first-order chi connectivity index (χ1) is 15.0. The van der Waals surface area contributed by atoms with Gasteiger partial charge < -0.3 is 10.2 Å². The molecule has 1 aliphatic heterocycles. The summed E-state index contributed by atoms with van der Waals surface area (Å²) in [4.78, 5) is 14.6. The Morgan fingerprint density at radius 2 is 1.58 bits per heavy atom. The molecular formula is C22H25N5O3S. The molecular weight excluding hydrogens is 414 g/mol. The molecule has 0 spiro atoms. The highest BCUT2D eigenvalue weighted by atomic mass is 32.2. The Kier molecular flexibility index (Phi) is 6.34. The van der Waals surface area contributed by atoms with Crippen molar-refractivity contribution in [1.82, 2.24) is 24.3 Å². The van der Waals surface area contributed by atoms with Crippen molar-refractivity contribution in [2.24, 2.45) is 0 Å². The van der Waals surface area contributed by atoms with Crippen molar-refractivity contribution in [3.05, 3.63) is 84.2 Å². The minimum Gasteiger partial charge on any atom is -0.334 e. The zero-order valence-corrected chi connectivity index (χ0v) is 17.9. The third kappa shape index (κ3) is 4.95. The number of carbonyl (C=O) groups is 1. The summed E-state index contributed by atoms with van der Waals surface area (Å²) >= 11 is 0. The van der Waals surface area contributed by atoms with Crippen molar-refractivity contribution in [2.45, 2.75) is 18.0 Å². The second-order valence-corrected chi connectivity index (χ2v) is 9.27. The van der Waals surface area contributed by atoms with Crippen LogP contribution in [0.4, 0.5) is 4.79 Å². The van der Waals surface area contributed by atoms with Crippen LogP contribution in [0.2, 0.25) is 0 Å². The average molecular weight is 440 g/mol. The maximum Gasteiger partial charge on any atom is 0.317 e. The van der Waals surface area contributed by atoms with Gasteiger partial charge in [-0.25, -0.2) is 13.2 Å². The maximum atomic E-state index is 12.7. The van der Waals surface area contributed by atoms with Gasteiger partial charge in [-0.3, -0.25) is 4.68 Å². The molecule has 1 N–H and O–H groups in total. The van der Waals surface area contributed by atoms with Crippen LogP contribution < -0.4 is 5.32 Å². The first-order valence-electron chi connectivity index (χ1n) is 10.2. The summed E-state index contributed by atoms with van der Waals surface area (Å²) in [6.07, 6.45) is 3.64. The molecule has 1 aliphatic rings. The second-order valence-electron chi connectivity index (χ2n) is 7.34. The standard InChI is InChI=1S/C22H25N5O3S/c28-22(23-17-19-7-4-5-8-20(19)18-26-12-6-11-24-26)25-13-15-27(16-14-25)31(29,30)21-9-2-1-3-10-21/h1-12H,13-18H2,(H,23,28). The van der Waals surface area contributed by atoms with Crippen LogP contribution in [0.3, 0.4) is 0 Å². The number of hydrogen-bond donors (Lipinski definition) is 1. The van der Waals surface area contributed by atoms with E-state index in [0.717, 1.165) is 11.1 Å². The Bertz CT molecular complexity index is 1110. The van der Waals surface area contributed by atoms with Crippen LogP contribution in [-0.4, -0.2) is 59.6 Å². The van der Waals surface area contributed by atoms with Crippen molar-refractivity contribution in [3.8, 4) is 0 Å². The zero-order valence-electron chi connectivity index (χ0n) is 17.1. The summed E-state index contributed by atoms with van der Waals surface area (Å²) in [6.45, 7) is 2.30. The summed E-state index contributed by atoms with van der Waals surface area (Å²) in [5, 5.41) is 7.20. The number of carbonyl (C=O) groups excluding carboxylic acids is 1.